The van der Waals surface area contributed by atoms with Gasteiger partial charge in [0.1, 0.15) is 0 Å². The standard InChI is InChI=1S/C17H21NO/c1-14(12-15-8-4-2-5-9-15)18-13-17(19)16-10-6-3-7-11-16/h2-11,14,17-19H,12-13H2,1H3. The quantitative estimate of drug-likeness (QED) is 0.832. The molecule has 0 spiro atoms. The van der Waals surface area contributed by atoms with Crippen LogP contribution in [0.5, 0.6) is 0 Å². The number of hydrogen-bond donors (Lipinski definition) is 2. The van der Waals surface area contributed by atoms with Gasteiger partial charge in [0.15, 0.2) is 0 Å². The van der Waals surface area contributed by atoms with E-state index in [1.807, 2.05) is 36.4 Å². The highest BCUT2D eigenvalue weighted by molar-refractivity contribution is 5.18. The van der Waals surface area contributed by atoms with Crippen LogP contribution in [-0.2, 0) is 6.42 Å². The number of aliphatic hydroxyl groups excluding tert-OH is 1. The highest BCUT2D eigenvalue weighted by Gasteiger charge is 2.09. The summed E-state index contributed by atoms with van der Waals surface area (Å²) in [6, 6.07) is 20.5. The van der Waals surface area contributed by atoms with Gasteiger partial charge in [-0.3, -0.25) is 0 Å². The van der Waals surface area contributed by atoms with Crippen molar-refractivity contribution in [1.82, 2.24) is 5.32 Å². The fraction of sp³-hybridized carbons (Fsp3) is 0.294. The maximum atomic E-state index is 10.1. The van der Waals surface area contributed by atoms with E-state index in [0.717, 1.165) is 12.0 Å². The molecule has 2 heteroatoms. The van der Waals surface area contributed by atoms with Crippen LogP contribution in [0.25, 0.3) is 0 Å². The van der Waals surface area contributed by atoms with E-state index in [-0.39, 0.29) is 0 Å². The van der Waals surface area contributed by atoms with Crippen molar-refractivity contribution in [2.45, 2.75) is 25.5 Å². The van der Waals surface area contributed by atoms with E-state index >= 15 is 0 Å². The zero-order valence-corrected chi connectivity index (χ0v) is 11.3. The van der Waals surface area contributed by atoms with Crippen molar-refractivity contribution >= 4 is 0 Å². The Kier molecular flexibility index (Phi) is 5.13. The number of nitrogens with one attached hydrogen (secondary N) is 1. The van der Waals surface area contributed by atoms with Gasteiger partial charge in [0, 0.05) is 12.6 Å². The van der Waals surface area contributed by atoms with E-state index in [1.165, 1.54) is 5.56 Å². The molecule has 2 rings (SSSR count). The fourth-order valence-corrected chi connectivity index (χ4v) is 2.15. The molecule has 0 fully saturated rings. The minimum atomic E-state index is -0.445. The summed E-state index contributed by atoms with van der Waals surface area (Å²) in [5.74, 6) is 0. The van der Waals surface area contributed by atoms with Crippen LogP contribution in [0.4, 0.5) is 0 Å². The van der Waals surface area contributed by atoms with Gasteiger partial charge in [-0.25, -0.2) is 0 Å². The maximum absolute atomic E-state index is 10.1. The van der Waals surface area contributed by atoms with Gasteiger partial charge in [-0.15, -0.1) is 0 Å². The molecule has 100 valence electrons. The molecular formula is C17H21NO. The molecule has 0 aliphatic heterocycles. The van der Waals surface area contributed by atoms with Crippen LogP contribution < -0.4 is 5.32 Å². The lowest BCUT2D eigenvalue weighted by Crippen LogP contribution is -2.32. The Labute approximate surface area is 115 Å². The fourth-order valence-electron chi connectivity index (χ4n) is 2.15. The summed E-state index contributed by atoms with van der Waals surface area (Å²) in [6.07, 6.45) is 0.530. The molecule has 0 amide bonds. The van der Waals surface area contributed by atoms with E-state index < -0.39 is 6.10 Å². The maximum Gasteiger partial charge on any atom is 0.0914 e. The lowest BCUT2D eigenvalue weighted by molar-refractivity contribution is 0.170. The number of benzene rings is 2. The van der Waals surface area contributed by atoms with E-state index in [4.69, 9.17) is 0 Å². The van der Waals surface area contributed by atoms with Gasteiger partial charge in [-0.1, -0.05) is 60.7 Å². The molecular weight excluding hydrogens is 234 g/mol. The predicted octanol–water partition coefficient (Wildman–Crippen LogP) is 2.94. The first-order valence-corrected chi connectivity index (χ1v) is 6.76. The largest absolute Gasteiger partial charge is 0.387 e. The second kappa shape index (κ2) is 7.07. The summed E-state index contributed by atoms with van der Waals surface area (Å²) in [6.45, 7) is 2.72. The van der Waals surface area contributed by atoms with Crippen LogP contribution in [0.15, 0.2) is 60.7 Å². The van der Waals surface area contributed by atoms with E-state index in [0.29, 0.717) is 12.6 Å². The van der Waals surface area contributed by atoms with Crippen molar-refractivity contribution in [3.8, 4) is 0 Å². The Morgan fingerprint density at radius 2 is 1.53 bits per heavy atom. The normalized spacial score (nSPS) is 14.0. The van der Waals surface area contributed by atoms with Crippen molar-refractivity contribution in [3.63, 3.8) is 0 Å². The number of hydrogen-bond acceptors (Lipinski definition) is 2. The van der Waals surface area contributed by atoms with Crippen LogP contribution in [-0.4, -0.2) is 17.7 Å². The van der Waals surface area contributed by atoms with Gasteiger partial charge in [0.05, 0.1) is 6.10 Å². The summed E-state index contributed by atoms with van der Waals surface area (Å²) in [5.41, 5.74) is 2.28. The first kappa shape index (κ1) is 13.8. The molecule has 0 aliphatic carbocycles. The average molecular weight is 255 g/mol. The molecule has 2 N–H and O–H groups in total. The molecule has 2 nitrogen and oxygen atoms in total. The summed E-state index contributed by atoms with van der Waals surface area (Å²) in [5, 5.41) is 13.5. The molecule has 0 aromatic heterocycles. The number of rotatable bonds is 6. The third kappa shape index (κ3) is 4.51. The highest BCUT2D eigenvalue weighted by Crippen LogP contribution is 2.11. The summed E-state index contributed by atoms with van der Waals surface area (Å²) in [4.78, 5) is 0. The molecule has 0 radical (unpaired) electrons. The Hall–Kier alpha value is -1.64. The predicted molar refractivity (Wildman–Crippen MR) is 79.0 cm³/mol. The van der Waals surface area contributed by atoms with Gasteiger partial charge in [-0.2, -0.15) is 0 Å². The lowest BCUT2D eigenvalue weighted by Gasteiger charge is -2.17. The zero-order chi connectivity index (χ0) is 13.5. The second-order valence-electron chi connectivity index (χ2n) is 4.93. The molecule has 0 saturated carbocycles. The molecule has 0 aliphatic rings. The molecule has 2 atom stereocenters. The molecule has 2 aromatic rings. The second-order valence-corrected chi connectivity index (χ2v) is 4.93. The monoisotopic (exact) mass is 255 g/mol. The first-order valence-electron chi connectivity index (χ1n) is 6.76. The average Bonchev–Trinajstić information content (AvgIpc) is 2.47. The summed E-state index contributed by atoms with van der Waals surface area (Å²) < 4.78 is 0. The molecule has 2 aromatic carbocycles. The third-order valence-electron chi connectivity index (χ3n) is 3.23. The Morgan fingerprint density at radius 3 is 2.16 bits per heavy atom. The van der Waals surface area contributed by atoms with Gasteiger partial charge >= 0.3 is 0 Å². The van der Waals surface area contributed by atoms with Crippen LogP contribution in [0.1, 0.15) is 24.2 Å². The first-order chi connectivity index (χ1) is 9.25. The van der Waals surface area contributed by atoms with Crippen molar-refractivity contribution < 1.29 is 5.11 Å². The topological polar surface area (TPSA) is 32.3 Å². The SMILES string of the molecule is CC(Cc1ccccc1)NCC(O)c1ccccc1. The van der Waals surface area contributed by atoms with Gasteiger partial charge < -0.3 is 10.4 Å². The minimum Gasteiger partial charge on any atom is -0.387 e. The van der Waals surface area contributed by atoms with Crippen LogP contribution in [0, 0.1) is 0 Å². The van der Waals surface area contributed by atoms with E-state index in [9.17, 15) is 5.11 Å². The Bertz CT molecular complexity index is 469. The Balaban J connectivity index is 1.79. The molecule has 0 saturated heterocycles. The van der Waals surface area contributed by atoms with Crippen LogP contribution in [0.2, 0.25) is 0 Å². The molecule has 0 heterocycles. The van der Waals surface area contributed by atoms with E-state index in [1.54, 1.807) is 0 Å². The molecule has 19 heavy (non-hydrogen) atoms. The van der Waals surface area contributed by atoms with Crippen molar-refractivity contribution in [3.05, 3.63) is 71.8 Å². The third-order valence-corrected chi connectivity index (χ3v) is 3.23. The van der Waals surface area contributed by atoms with Gasteiger partial charge in [0.25, 0.3) is 0 Å². The van der Waals surface area contributed by atoms with Gasteiger partial charge in [-0.05, 0) is 24.5 Å². The molecule has 2 unspecified atom stereocenters. The highest BCUT2D eigenvalue weighted by atomic mass is 16.3. The number of aliphatic hydroxyl groups is 1. The smallest absolute Gasteiger partial charge is 0.0914 e. The summed E-state index contributed by atoms with van der Waals surface area (Å²) >= 11 is 0. The van der Waals surface area contributed by atoms with E-state index in [2.05, 4.69) is 36.5 Å². The van der Waals surface area contributed by atoms with Crippen molar-refractivity contribution in [1.29, 1.82) is 0 Å². The van der Waals surface area contributed by atoms with Gasteiger partial charge in [0.2, 0.25) is 0 Å². The Morgan fingerprint density at radius 1 is 0.947 bits per heavy atom. The summed E-state index contributed by atoms with van der Waals surface area (Å²) in [7, 11) is 0. The van der Waals surface area contributed by atoms with Crippen LogP contribution in [0.3, 0.4) is 0 Å². The lowest BCUT2D eigenvalue weighted by atomic mass is 10.1. The van der Waals surface area contributed by atoms with Crippen molar-refractivity contribution in [2.75, 3.05) is 6.54 Å². The minimum absolute atomic E-state index is 0.348. The van der Waals surface area contributed by atoms with Crippen molar-refractivity contribution in [2.24, 2.45) is 0 Å². The zero-order valence-electron chi connectivity index (χ0n) is 11.3. The molecule has 0 bridgehead atoms. The van der Waals surface area contributed by atoms with Crippen LogP contribution >= 0.6 is 0 Å².